The first kappa shape index (κ1) is 23.8. The molecule has 4 aromatic rings. The van der Waals surface area contributed by atoms with E-state index in [0.717, 1.165) is 23.7 Å². The van der Waals surface area contributed by atoms with E-state index in [0.29, 0.717) is 0 Å². The molecule has 0 radical (unpaired) electrons. The fraction of sp³-hybridized carbons (Fsp3) is 0.217. The maximum Gasteiger partial charge on any atom is 0.270 e. The van der Waals surface area contributed by atoms with Crippen molar-refractivity contribution >= 4 is 16.4 Å². The van der Waals surface area contributed by atoms with Gasteiger partial charge in [-0.05, 0) is 56.8 Å². The van der Waals surface area contributed by atoms with Gasteiger partial charge in [0.1, 0.15) is 5.82 Å². The molecule has 0 aliphatic heterocycles. The molecule has 0 saturated carbocycles. The van der Waals surface area contributed by atoms with E-state index in [4.69, 9.17) is 10.2 Å². The van der Waals surface area contributed by atoms with E-state index in [-0.39, 0.29) is 39.4 Å². The fourth-order valence-electron chi connectivity index (χ4n) is 3.25. The molecule has 11 heteroatoms. The SMILES string of the molecule is CNCc1ccc(-c2nnc(-c3nc(-c4ccc(S(O)(O)C(C)C)cc4F)cnc3N)o2)cc1. The molecular weight excluding hydrogens is 459 g/mol. The predicted molar refractivity (Wildman–Crippen MR) is 130 cm³/mol. The lowest BCUT2D eigenvalue weighted by Gasteiger charge is -2.36. The molecule has 2 heterocycles. The summed E-state index contributed by atoms with van der Waals surface area (Å²) in [5, 5.41) is 10.7. The zero-order valence-electron chi connectivity index (χ0n) is 18.9. The highest BCUT2D eigenvalue weighted by atomic mass is 32.3. The van der Waals surface area contributed by atoms with Crippen LogP contribution in [0.25, 0.3) is 34.3 Å². The number of hydrogen-bond donors (Lipinski definition) is 4. The summed E-state index contributed by atoms with van der Waals surface area (Å²) in [5.41, 5.74) is 8.26. The Bertz CT molecular complexity index is 1310. The molecule has 5 N–H and O–H groups in total. The van der Waals surface area contributed by atoms with Gasteiger partial charge >= 0.3 is 0 Å². The van der Waals surface area contributed by atoms with Gasteiger partial charge in [-0.15, -0.1) is 10.2 Å². The minimum absolute atomic E-state index is 0.0483. The van der Waals surface area contributed by atoms with Crippen LogP contribution in [0.1, 0.15) is 19.4 Å². The summed E-state index contributed by atoms with van der Waals surface area (Å²) in [6.45, 7) is 4.06. The lowest BCUT2D eigenvalue weighted by Crippen LogP contribution is -2.11. The number of hydrogen-bond acceptors (Lipinski definition) is 9. The molecule has 34 heavy (non-hydrogen) atoms. The molecule has 2 aromatic carbocycles. The number of rotatable bonds is 7. The topological polar surface area (TPSA) is 143 Å². The molecule has 0 fully saturated rings. The van der Waals surface area contributed by atoms with Crippen LogP contribution in [-0.4, -0.2) is 41.6 Å². The minimum atomic E-state index is -3.12. The largest absolute Gasteiger partial charge is 0.414 e. The monoisotopic (exact) mass is 484 g/mol. The molecule has 0 unspecified atom stereocenters. The molecule has 2 aromatic heterocycles. The molecule has 0 aliphatic rings. The zero-order chi connectivity index (χ0) is 24.5. The second-order valence-electron chi connectivity index (χ2n) is 7.91. The lowest BCUT2D eigenvalue weighted by atomic mass is 10.1. The third-order valence-corrected chi connectivity index (χ3v) is 7.49. The smallest absolute Gasteiger partial charge is 0.270 e. The maximum atomic E-state index is 14.9. The number of aromatic nitrogens is 4. The number of benzene rings is 2. The highest BCUT2D eigenvalue weighted by molar-refractivity contribution is 8.24. The number of anilines is 1. The quantitative estimate of drug-likeness (QED) is 0.290. The second-order valence-corrected chi connectivity index (χ2v) is 10.5. The second kappa shape index (κ2) is 9.47. The Labute approximate surface area is 197 Å². The average Bonchev–Trinajstić information content (AvgIpc) is 3.30. The van der Waals surface area contributed by atoms with Crippen molar-refractivity contribution in [3.05, 3.63) is 60.0 Å². The van der Waals surface area contributed by atoms with Gasteiger partial charge in [0, 0.05) is 22.9 Å². The van der Waals surface area contributed by atoms with Crippen LogP contribution in [0.5, 0.6) is 0 Å². The van der Waals surface area contributed by atoms with Gasteiger partial charge < -0.3 is 15.5 Å². The highest BCUT2D eigenvalue weighted by Gasteiger charge is 2.23. The normalized spacial score (nSPS) is 12.3. The van der Waals surface area contributed by atoms with Gasteiger partial charge in [-0.2, -0.15) is 10.6 Å². The van der Waals surface area contributed by atoms with Crippen LogP contribution in [-0.2, 0) is 6.54 Å². The Balaban J connectivity index is 1.66. The van der Waals surface area contributed by atoms with Crippen molar-refractivity contribution in [2.45, 2.75) is 30.5 Å². The Morgan fingerprint density at radius 2 is 1.79 bits per heavy atom. The van der Waals surface area contributed by atoms with Crippen molar-refractivity contribution in [3.8, 4) is 34.3 Å². The number of nitrogens with zero attached hydrogens (tertiary/aromatic N) is 4. The molecule has 0 saturated heterocycles. The molecular formula is C23H25FN6O3S. The fourth-order valence-corrected chi connectivity index (χ4v) is 4.34. The highest BCUT2D eigenvalue weighted by Crippen LogP contribution is 2.52. The summed E-state index contributed by atoms with van der Waals surface area (Å²) in [6, 6.07) is 11.6. The molecule has 0 aliphatic carbocycles. The third kappa shape index (κ3) is 4.64. The van der Waals surface area contributed by atoms with Crippen LogP contribution in [0.4, 0.5) is 10.2 Å². The Morgan fingerprint density at radius 1 is 1.09 bits per heavy atom. The zero-order valence-corrected chi connectivity index (χ0v) is 19.7. The van der Waals surface area contributed by atoms with E-state index in [1.54, 1.807) is 13.8 Å². The molecule has 0 bridgehead atoms. The van der Waals surface area contributed by atoms with E-state index in [1.807, 2.05) is 31.3 Å². The predicted octanol–water partition coefficient (Wildman–Crippen LogP) is 4.82. The first-order chi connectivity index (χ1) is 16.2. The van der Waals surface area contributed by atoms with Crippen LogP contribution in [0.3, 0.4) is 0 Å². The van der Waals surface area contributed by atoms with E-state index in [9.17, 15) is 13.5 Å². The van der Waals surface area contributed by atoms with Crippen LogP contribution in [0.2, 0.25) is 0 Å². The minimum Gasteiger partial charge on any atom is -0.414 e. The Kier molecular flexibility index (Phi) is 6.62. The molecule has 9 nitrogen and oxygen atoms in total. The van der Waals surface area contributed by atoms with Gasteiger partial charge in [0.15, 0.2) is 11.5 Å². The van der Waals surface area contributed by atoms with Crippen molar-refractivity contribution in [2.24, 2.45) is 0 Å². The number of nitrogens with two attached hydrogens (primary N) is 1. The van der Waals surface area contributed by atoms with E-state index >= 15 is 0 Å². The number of nitrogens with one attached hydrogen (secondary N) is 1. The van der Waals surface area contributed by atoms with Gasteiger partial charge in [-0.1, -0.05) is 12.1 Å². The summed E-state index contributed by atoms with van der Waals surface area (Å²) < 4.78 is 41.3. The van der Waals surface area contributed by atoms with Crippen molar-refractivity contribution in [3.63, 3.8) is 0 Å². The lowest BCUT2D eigenvalue weighted by molar-refractivity contribution is 0.475. The molecule has 4 rings (SSSR count). The van der Waals surface area contributed by atoms with Crippen molar-refractivity contribution in [2.75, 3.05) is 12.8 Å². The molecule has 0 amide bonds. The standard InChI is InChI=1S/C23H25FN6O3S/c1-13(2)34(31,32)16-8-9-17(18(24)10-16)19-12-27-21(25)20(28-19)23-30-29-22(33-23)15-6-4-14(5-7-15)11-26-3/h4-10,12-13,26,31-32H,11H2,1-3H3,(H2,25,27). The summed E-state index contributed by atoms with van der Waals surface area (Å²) >= 11 is 0. The summed E-state index contributed by atoms with van der Waals surface area (Å²) in [6.07, 6.45) is 1.33. The van der Waals surface area contributed by atoms with E-state index in [1.165, 1.54) is 18.3 Å². The first-order valence-electron chi connectivity index (χ1n) is 10.5. The van der Waals surface area contributed by atoms with Crippen LogP contribution in [0, 0.1) is 5.82 Å². The van der Waals surface area contributed by atoms with Crippen LogP contribution < -0.4 is 11.1 Å². The van der Waals surface area contributed by atoms with Crippen LogP contribution >= 0.6 is 10.6 Å². The van der Waals surface area contributed by atoms with Gasteiger partial charge in [0.2, 0.25) is 5.89 Å². The summed E-state index contributed by atoms with van der Waals surface area (Å²) in [4.78, 5) is 8.62. The number of halogens is 1. The summed E-state index contributed by atoms with van der Waals surface area (Å²) in [5.74, 6) is -0.287. The van der Waals surface area contributed by atoms with Crippen molar-refractivity contribution in [1.29, 1.82) is 0 Å². The average molecular weight is 485 g/mol. The van der Waals surface area contributed by atoms with E-state index in [2.05, 4.69) is 25.5 Å². The van der Waals surface area contributed by atoms with Crippen LogP contribution in [0.15, 0.2) is 58.0 Å². The Hall–Kier alpha value is -3.38. The van der Waals surface area contributed by atoms with Gasteiger partial charge in [0.25, 0.3) is 5.89 Å². The first-order valence-corrected chi connectivity index (χ1v) is 12.1. The van der Waals surface area contributed by atoms with Crippen molar-refractivity contribution < 1.29 is 17.9 Å². The Morgan fingerprint density at radius 3 is 2.44 bits per heavy atom. The van der Waals surface area contributed by atoms with Gasteiger partial charge in [-0.3, -0.25) is 9.11 Å². The number of nitrogen functional groups attached to an aromatic ring is 1. The summed E-state index contributed by atoms with van der Waals surface area (Å²) in [7, 11) is -1.25. The van der Waals surface area contributed by atoms with Crippen molar-refractivity contribution in [1.82, 2.24) is 25.5 Å². The maximum absolute atomic E-state index is 14.9. The van der Waals surface area contributed by atoms with Gasteiger partial charge in [0.05, 0.1) is 16.8 Å². The third-order valence-electron chi connectivity index (χ3n) is 5.23. The molecule has 0 spiro atoms. The van der Waals surface area contributed by atoms with E-state index < -0.39 is 21.7 Å². The molecule has 178 valence electrons. The molecule has 0 atom stereocenters. The van der Waals surface area contributed by atoms with Gasteiger partial charge in [-0.25, -0.2) is 14.4 Å².